The first-order valence-electron chi connectivity index (χ1n) is 3.32. The molecule has 1 fully saturated rings. The number of hydrogen-bond acceptors (Lipinski definition) is 2. The van der Waals surface area contributed by atoms with Crippen LogP contribution in [0.25, 0.3) is 0 Å². The summed E-state index contributed by atoms with van der Waals surface area (Å²) in [7, 11) is 0. The lowest BCUT2D eigenvalue weighted by Gasteiger charge is -2.20. The first kappa shape index (κ1) is 5.77. The van der Waals surface area contributed by atoms with Crippen molar-refractivity contribution in [1.29, 1.82) is 0 Å². The third kappa shape index (κ3) is 0.701. The molecule has 0 aromatic heterocycles. The summed E-state index contributed by atoms with van der Waals surface area (Å²) in [6, 6.07) is 1.09. The van der Waals surface area contributed by atoms with Gasteiger partial charge in [-0.05, 0) is 6.42 Å². The normalized spacial score (nSPS) is 24.8. The number of carbonyl (C=O) groups is 1. The molecule has 0 aromatic rings. The molecule has 3 heteroatoms. The van der Waals surface area contributed by atoms with E-state index in [9.17, 15) is 4.79 Å². The molecule has 2 aliphatic rings. The molecule has 0 N–H and O–H groups in total. The van der Waals surface area contributed by atoms with Gasteiger partial charge in [-0.3, -0.25) is 4.90 Å². The molecular weight excluding hydrogens is 130 g/mol. The number of ether oxygens (including phenoxy) is 1. The highest BCUT2D eigenvalue weighted by atomic mass is 16.6. The average molecular weight is 138 g/mol. The molecule has 1 radical (unpaired) electrons. The van der Waals surface area contributed by atoms with E-state index in [1.165, 1.54) is 0 Å². The maximum absolute atomic E-state index is 10.9. The lowest BCUT2D eigenvalue weighted by Crippen LogP contribution is -2.29. The Labute approximate surface area is 59.3 Å². The molecule has 0 saturated carbocycles. The Morgan fingerprint density at radius 2 is 2.40 bits per heavy atom. The second kappa shape index (κ2) is 2.01. The zero-order valence-corrected chi connectivity index (χ0v) is 5.54. The Morgan fingerprint density at radius 1 is 1.50 bits per heavy atom. The molecule has 0 atom stereocenters. The molecule has 1 amide bonds. The van der Waals surface area contributed by atoms with Crippen LogP contribution in [0.3, 0.4) is 0 Å². The van der Waals surface area contributed by atoms with E-state index in [1.54, 1.807) is 4.90 Å². The molecule has 10 heavy (non-hydrogen) atoms. The van der Waals surface area contributed by atoms with E-state index in [2.05, 4.69) is 6.08 Å². The Kier molecular flexibility index (Phi) is 1.16. The van der Waals surface area contributed by atoms with Gasteiger partial charge in [0, 0.05) is 6.54 Å². The van der Waals surface area contributed by atoms with Crippen LogP contribution in [0, 0.1) is 6.04 Å². The largest absolute Gasteiger partial charge is 0.447 e. The Bertz CT molecular complexity index is 188. The molecule has 0 aliphatic carbocycles. The topological polar surface area (TPSA) is 29.5 Å². The second-order valence-corrected chi connectivity index (χ2v) is 2.41. The Hall–Kier alpha value is -0.990. The van der Waals surface area contributed by atoms with Gasteiger partial charge in [-0.15, -0.1) is 0 Å². The maximum atomic E-state index is 10.9. The zero-order valence-electron chi connectivity index (χ0n) is 5.54. The Morgan fingerprint density at radius 3 is 3.20 bits per heavy atom. The number of hydrogen-bond donors (Lipinski definition) is 0. The van der Waals surface area contributed by atoms with Crippen molar-refractivity contribution >= 4 is 6.09 Å². The van der Waals surface area contributed by atoms with E-state index < -0.39 is 0 Å². The van der Waals surface area contributed by atoms with Crippen LogP contribution in [0.15, 0.2) is 12.2 Å². The van der Waals surface area contributed by atoms with Gasteiger partial charge in [0.05, 0.1) is 0 Å². The van der Waals surface area contributed by atoms with E-state index in [-0.39, 0.29) is 6.09 Å². The van der Waals surface area contributed by atoms with Crippen molar-refractivity contribution in [2.75, 3.05) is 13.2 Å². The quantitative estimate of drug-likeness (QED) is 0.466. The van der Waals surface area contributed by atoms with Crippen LogP contribution in [0.2, 0.25) is 0 Å². The van der Waals surface area contributed by atoms with Gasteiger partial charge in [-0.2, -0.15) is 0 Å². The van der Waals surface area contributed by atoms with E-state index in [0.717, 1.165) is 12.5 Å². The number of carbonyl (C=O) groups excluding carboxylic acids is 1. The van der Waals surface area contributed by atoms with Gasteiger partial charge in [0.25, 0.3) is 0 Å². The molecule has 0 spiro atoms. The van der Waals surface area contributed by atoms with Crippen molar-refractivity contribution in [3.8, 4) is 0 Å². The molecule has 1 saturated heterocycles. The summed E-state index contributed by atoms with van der Waals surface area (Å²) in [5, 5.41) is 0. The van der Waals surface area contributed by atoms with Gasteiger partial charge in [0.1, 0.15) is 12.6 Å². The van der Waals surface area contributed by atoms with E-state index in [0.29, 0.717) is 13.2 Å². The standard InChI is InChI=1S/C7H8NO2/c9-7-8-4-2-1-3-6(8)5-10-7/h1-2H,3-5H2. The van der Waals surface area contributed by atoms with E-state index >= 15 is 0 Å². The monoisotopic (exact) mass is 138 g/mol. The van der Waals surface area contributed by atoms with Crippen LogP contribution >= 0.6 is 0 Å². The minimum absolute atomic E-state index is 0.195. The van der Waals surface area contributed by atoms with Gasteiger partial charge in [0.2, 0.25) is 0 Å². The second-order valence-electron chi connectivity index (χ2n) is 2.41. The molecule has 53 valence electrons. The van der Waals surface area contributed by atoms with Crippen LogP contribution in [0.1, 0.15) is 6.42 Å². The van der Waals surface area contributed by atoms with Crippen molar-refractivity contribution < 1.29 is 9.53 Å². The lowest BCUT2D eigenvalue weighted by molar-refractivity contribution is 0.160. The van der Waals surface area contributed by atoms with Crippen LogP contribution in [-0.4, -0.2) is 24.1 Å². The summed E-state index contributed by atoms with van der Waals surface area (Å²) < 4.78 is 4.81. The smallest absolute Gasteiger partial charge is 0.410 e. The highest BCUT2D eigenvalue weighted by molar-refractivity contribution is 5.72. The summed E-state index contributed by atoms with van der Waals surface area (Å²) in [5.41, 5.74) is 0. The number of fused-ring (bicyclic) bond motifs is 1. The van der Waals surface area contributed by atoms with E-state index in [4.69, 9.17) is 4.74 Å². The molecule has 3 nitrogen and oxygen atoms in total. The highest BCUT2D eigenvalue weighted by Gasteiger charge is 2.33. The van der Waals surface area contributed by atoms with Crippen molar-refractivity contribution in [1.82, 2.24) is 4.90 Å². The molecule has 2 rings (SSSR count). The number of rotatable bonds is 0. The minimum atomic E-state index is -0.195. The zero-order chi connectivity index (χ0) is 6.97. The third-order valence-corrected chi connectivity index (χ3v) is 1.77. The Balaban J connectivity index is 2.17. The number of nitrogens with zero attached hydrogens (tertiary/aromatic N) is 1. The first-order chi connectivity index (χ1) is 4.88. The highest BCUT2D eigenvalue weighted by Crippen LogP contribution is 2.25. The summed E-state index contributed by atoms with van der Waals surface area (Å²) in [6.07, 6.45) is 4.72. The maximum Gasteiger partial charge on any atom is 0.410 e. The summed E-state index contributed by atoms with van der Waals surface area (Å²) in [6.45, 7) is 1.18. The molecule has 0 aromatic carbocycles. The van der Waals surface area contributed by atoms with Crippen molar-refractivity contribution in [2.24, 2.45) is 0 Å². The van der Waals surface area contributed by atoms with Crippen LogP contribution < -0.4 is 0 Å². The van der Waals surface area contributed by atoms with Gasteiger partial charge >= 0.3 is 6.09 Å². The van der Waals surface area contributed by atoms with Gasteiger partial charge in [-0.25, -0.2) is 4.79 Å². The van der Waals surface area contributed by atoms with Gasteiger partial charge in [0.15, 0.2) is 0 Å². The van der Waals surface area contributed by atoms with Crippen molar-refractivity contribution in [2.45, 2.75) is 6.42 Å². The van der Waals surface area contributed by atoms with Crippen LogP contribution in [0.4, 0.5) is 4.79 Å². The van der Waals surface area contributed by atoms with Crippen LogP contribution in [0.5, 0.6) is 0 Å². The SMILES string of the molecule is O=C1OC[C]2CC=CCN21. The number of amides is 1. The average Bonchev–Trinajstić information content (AvgIpc) is 2.34. The fraction of sp³-hybridized carbons (Fsp3) is 0.429. The molecular formula is C7H8NO2. The fourth-order valence-electron chi connectivity index (χ4n) is 1.20. The molecule has 0 bridgehead atoms. The molecule has 2 aliphatic heterocycles. The number of cyclic esters (lactones) is 1. The molecule has 2 heterocycles. The van der Waals surface area contributed by atoms with Gasteiger partial charge in [-0.1, -0.05) is 12.2 Å². The molecule has 0 unspecified atom stereocenters. The van der Waals surface area contributed by atoms with Crippen LogP contribution in [-0.2, 0) is 4.74 Å². The van der Waals surface area contributed by atoms with Crippen molar-refractivity contribution in [3.63, 3.8) is 0 Å². The minimum Gasteiger partial charge on any atom is -0.447 e. The summed E-state index contributed by atoms with van der Waals surface area (Å²) in [4.78, 5) is 12.5. The van der Waals surface area contributed by atoms with Gasteiger partial charge < -0.3 is 4.74 Å². The summed E-state index contributed by atoms with van der Waals surface area (Å²) >= 11 is 0. The first-order valence-corrected chi connectivity index (χ1v) is 3.32. The predicted octanol–water partition coefficient (Wildman–Crippen LogP) is 0.930. The van der Waals surface area contributed by atoms with Crippen molar-refractivity contribution in [3.05, 3.63) is 18.2 Å². The lowest BCUT2D eigenvalue weighted by atomic mass is 10.1. The third-order valence-electron chi connectivity index (χ3n) is 1.77. The predicted molar refractivity (Wildman–Crippen MR) is 35.1 cm³/mol. The fourth-order valence-corrected chi connectivity index (χ4v) is 1.20. The summed E-state index contributed by atoms with van der Waals surface area (Å²) in [5.74, 6) is 0. The van der Waals surface area contributed by atoms with E-state index in [1.807, 2.05) is 6.08 Å².